The zero-order valence-corrected chi connectivity index (χ0v) is 16.7. The molecule has 2 amide bonds. The molecule has 2 aromatic rings. The second-order valence-corrected chi connectivity index (χ2v) is 7.42. The van der Waals surface area contributed by atoms with Crippen molar-refractivity contribution in [2.24, 2.45) is 0 Å². The minimum atomic E-state index is -0.397. The number of ether oxygens (including phenoxy) is 1. The first-order valence-corrected chi connectivity index (χ1v) is 9.75. The van der Waals surface area contributed by atoms with Crippen molar-refractivity contribution >= 4 is 18.3 Å². The van der Waals surface area contributed by atoms with Gasteiger partial charge in [0.2, 0.25) is 0 Å². The predicted octanol–water partition coefficient (Wildman–Crippen LogP) is 1.88. The van der Waals surface area contributed by atoms with E-state index in [9.17, 15) is 9.59 Å². The van der Waals surface area contributed by atoms with E-state index in [1.165, 1.54) is 0 Å². The van der Waals surface area contributed by atoms with Gasteiger partial charge in [0.05, 0.1) is 12.1 Å². The standard InChI is InChI=1S/C20H23N3O4.CH2O2/c1-14-2-3-17(27-14)19(25)23-10-7-20(13-23)12-16(6-11-26-20)22-18(24)15-4-8-21-9-5-15;2-1-3/h2-5,8-9,16H,6-7,10-13H2,1H3,(H,22,24);1H,(H,2,3)/t16-,20-;/m1./s1. The Morgan fingerprint density at radius 2 is 2.03 bits per heavy atom. The lowest BCUT2D eigenvalue weighted by atomic mass is 9.89. The number of carbonyl (C=O) groups excluding carboxylic acids is 2. The fourth-order valence-electron chi connectivity index (χ4n) is 3.93. The van der Waals surface area contributed by atoms with Crippen LogP contribution in [0.5, 0.6) is 0 Å². The van der Waals surface area contributed by atoms with Gasteiger partial charge in [-0.3, -0.25) is 19.4 Å². The number of pyridine rings is 1. The van der Waals surface area contributed by atoms with Crippen molar-refractivity contribution in [3.63, 3.8) is 0 Å². The minimum Gasteiger partial charge on any atom is -0.483 e. The molecule has 0 bridgehead atoms. The van der Waals surface area contributed by atoms with Crippen molar-refractivity contribution in [2.75, 3.05) is 19.7 Å². The number of carboxylic acid groups (broad SMARTS) is 1. The molecule has 0 unspecified atom stereocenters. The lowest BCUT2D eigenvalue weighted by molar-refractivity contribution is -0.122. The first-order chi connectivity index (χ1) is 14.5. The summed E-state index contributed by atoms with van der Waals surface area (Å²) in [6.07, 6.45) is 5.45. The van der Waals surface area contributed by atoms with Crippen LogP contribution in [0.15, 0.2) is 41.1 Å². The van der Waals surface area contributed by atoms with E-state index in [0.29, 0.717) is 37.4 Å². The Kier molecular flexibility index (Phi) is 6.83. The van der Waals surface area contributed by atoms with Crippen molar-refractivity contribution in [1.29, 1.82) is 0 Å². The Hall–Kier alpha value is -3.20. The molecule has 1 spiro atoms. The second kappa shape index (κ2) is 9.53. The molecule has 4 heterocycles. The minimum absolute atomic E-state index is 0.0281. The lowest BCUT2D eigenvalue weighted by Crippen LogP contribution is -2.50. The van der Waals surface area contributed by atoms with Crippen LogP contribution in [0.3, 0.4) is 0 Å². The van der Waals surface area contributed by atoms with Gasteiger partial charge < -0.3 is 24.5 Å². The number of carbonyl (C=O) groups is 3. The van der Waals surface area contributed by atoms with E-state index in [1.54, 1.807) is 41.6 Å². The van der Waals surface area contributed by atoms with E-state index in [-0.39, 0.29) is 24.3 Å². The van der Waals surface area contributed by atoms with Crippen LogP contribution in [0, 0.1) is 6.92 Å². The Morgan fingerprint density at radius 3 is 2.70 bits per heavy atom. The largest absolute Gasteiger partial charge is 0.483 e. The highest BCUT2D eigenvalue weighted by atomic mass is 16.5. The third-order valence-electron chi connectivity index (χ3n) is 5.33. The number of nitrogens with one attached hydrogen (secondary N) is 1. The smallest absolute Gasteiger partial charge is 0.290 e. The molecule has 9 nitrogen and oxygen atoms in total. The van der Waals surface area contributed by atoms with Gasteiger partial charge in [-0.15, -0.1) is 0 Å². The van der Waals surface area contributed by atoms with Crippen molar-refractivity contribution in [1.82, 2.24) is 15.2 Å². The van der Waals surface area contributed by atoms with Gasteiger partial charge in [0.25, 0.3) is 18.3 Å². The fraction of sp³-hybridized carbons (Fsp3) is 0.429. The van der Waals surface area contributed by atoms with Gasteiger partial charge in [-0.25, -0.2) is 0 Å². The van der Waals surface area contributed by atoms with E-state index < -0.39 is 5.60 Å². The molecular formula is C21H25N3O6. The summed E-state index contributed by atoms with van der Waals surface area (Å²) in [5.74, 6) is 0.880. The first-order valence-electron chi connectivity index (χ1n) is 9.75. The number of rotatable bonds is 3. The maximum atomic E-state index is 12.6. The van der Waals surface area contributed by atoms with Crippen molar-refractivity contribution in [2.45, 2.75) is 37.8 Å². The molecule has 0 aliphatic carbocycles. The summed E-state index contributed by atoms with van der Waals surface area (Å²) in [7, 11) is 0. The third-order valence-corrected chi connectivity index (χ3v) is 5.33. The third kappa shape index (κ3) is 5.04. The number of aromatic nitrogens is 1. The number of hydrogen-bond donors (Lipinski definition) is 2. The quantitative estimate of drug-likeness (QED) is 0.734. The highest BCUT2D eigenvalue weighted by Gasteiger charge is 2.45. The molecule has 0 saturated carbocycles. The highest BCUT2D eigenvalue weighted by molar-refractivity contribution is 5.94. The number of likely N-dealkylation sites (tertiary alicyclic amines) is 1. The van der Waals surface area contributed by atoms with Gasteiger partial charge in [-0.1, -0.05) is 0 Å². The summed E-state index contributed by atoms with van der Waals surface area (Å²) in [4.78, 5) is 39.1. The maximum absolute atomic E-state index is 12.6. The normalized spacial score (nSPS) is 22.8. The monoisotopic (exact) mass is 415 g/mol. The first kappa shape index (κ1) is 21.5. The molecule has 4 rings (SSSR count). The highest BCUT2D eigenvalue weighted by Crippen LogP contribution is 2.35. The van der Waals surface area contributed by atoms with Crippen LogP contribution < -0.4 is 5.32 Å². The fourth-order valence-corrected chi connectivity index (χ4v) is 3.93. The number of hydrogen-bond acceptors (Lipinski definition) is 6. The zero-order valence-electron chi connectivity index (χ0n) is 16.7. The van der Waals surface area contributed by atoms with Crippen molar-refractivity contribution in [3.8, 4) is 0 Å². The van der Waals surface area contributed by atoms with Gasteiger partial charge in [-0.05, 0) is 50.5 Å². The Labute approximate surface area is 174 Å². The summed E-state index contributed by atoms with van der Waals surface area (Å²) in [6, 6.07) is 6.93. The van der Waals surface area contributed by atoms with Crippen LogP contribution >= 0.6 is 0 Å². The van der Waals surface area contributed by atoms with Gasteiger partial charge >= 0.3 is 0 Å². The molecule has 0 aromatic carbocycles. The number of amides is 2. The number of nitrogens with zero attached hydrogens (tertiary/aromatic N) is 2. The van der Waals surface area contributed by atoms with Crippen LogP contribution in [-0.2, 0) is 9.53 Å². The van der Waals surface area contributed by atoms with Gasteiger partial charge in [0.1, 0.15) is 5.76 Å². The molecule has 2 fully saturated rings. The van der Waals surface area contributed by atoms with E-state index >= 15 is 0 Å². The van der Waals surface area contributed by atoms with E-state index in [4.69, 9.17) is 19.1 Å². The van der Waals surface area contributed by atoms with Crippen LogP contribution in [-0.4, -0.2) is 64.6 Å². The topological polar surface area (TPSA) is 122 Å². The molecule has 30 heavy (non-hydrogen) atoms. The summed E-state index contributed by atoms with van der Waals surface area (Å²) < 4.78 is 11.5. The van der Waals surface area contributed by atoms with Crippen LogP contribution in [0.2, 0.25) is 0 Å². The maximum Gasteiger partial charge on any atom is 0.290 e. The van der Waals surface area contributed by atoms with Crippen LogP contribution in [0.25, 0.3) is 0 Å². The van der Waals surface area contributed by atoms with E-state index in [2.05, 4.69) is 10.3 Å². The molecule has 2 saturated heterocycles. The molecule has 160 valence electrons. The van der Waals surface area contributed by atoms with Crippen LogP contribution in [0.1, 0.15) is 45.9 Å². The summed E-state index contributed by atoms with van der Waals surface area (Å²) >= 11 is 0. The lowest BCUT2D eigenvalue weighted by Gasteiger charge is -2.38. The SMILES string of the molecule is Cc1ccc(C(=O)N2CC[C@@]3(C[C@H](NC(=O)c4ccncc4)CCO3)C2)o1.O=CO. The van der Waals surface area contributed by atoms with Crippen molar-refractivity contribution in [3.05, 3.63) is 53.7 Å². The molecule has 2 N–H and O–H groups in total. The number of furan rings is 1. The van der Waals surface area contributed by atoms with Crippen LogP contribution in [0.4, 0.5) is 0 Å². The summed E-state index contributed by atoms with van der Waals surface area (Å²) in [5.41, 5.74) is 0.202. The van der Waals surface area contributed by atoms with Gasteiger partial charge in [-0.2, -0.15) is 0 Å². The zero-order chi connectivity index (χ0) is 21.6. The Morgan fingerprint density at radius 1 is 1.30 bits per heavy atom. The average Bonchev–Trinajstić information content (AvgIpc) is 3.35. The summed E-state index contributed by atoms with van der Waals surface area (Å²) in [6.45, 7) is 3.29. The Balaban J connectivity index is 0.000000806. The predicted molar refractivity (Wildman–Crippen MR) is 106 cm³/mol. The van der Waals surface area contributed by atoms with E-state index in [1.807, 2.05) is 6.92 Å². The second-order valence-electron chi connectivity index (χ2n) is 7.42. The average molecular weight is 415 g/mol. The summed E-state index contributed by atoms with van der Waals surface area (Å²) in [5, 5.41) is 9.99. The molecular weight excluding hydrogens is 390 g/mol. The molecule has 9 heteroatoms. The molecule has 2 atom stereocenters. The van der Waals surface area contributed by atoms with Crippen molar-refractivity contribution < 1.29 is 28.6 Å². The van der Waals surface area contributed by atoms with Gasteiger partial charge in [0, 0.05) is 37.2 Å². The van der Waals surface area contributed by atoms with Gasteiger partial charge in [0.15, 0.2) is 5.76 Å². The molecule has 2 aromatic heterocycles. The van der Waals surface area contributed by atoms with E-state index in [0.717, 1.165) is 18.6 Å². The molecule has 2 aliphatic rings. The molecule has 0 radical (unpaired) electrons. The number of aryl methyl sites for hydroxylation is 1. The molecule has 2 aliphatic heterocycles. The Bertz CT molecular complexity index is 884.